The van der Waals surface area contributed by atoms with E-state index in [2.05, 4.69) is 21.6 Å². The van der Waals surface area contributed by atoms with Crippen molar-refractivity contribution in [2.24, 2.45) is 22.7 Å². The number of halogens is 6. The van der Waals surface area contributed by atoms with Crippen LogP contribution in [0.15, 0.2) is 0 Å². The zero-order chi connectivity index (χ0) is 32.1. The number of fused-ring (bicyclic) bond motifs is 2. The second-order valence-corrected chi connectivity index (χ2v) is 12.4. The van der Waals surface area contributed by atoms with E-state index in [0.29, 0.717) is 17.2 Å². The summed E-state index contributed by atoms with van der Waals surface area (Å²) in [7, 11) is 0. The van der Waals surface area contributed by atoms with Gasteiger partial charge in [0, 0.05) is 45.9 Å². The van der Waals surface area contributed by atoms with Crippen LogP contribution in [0.2, 0.25) is 0 Å². The molecule has 0 unspecified atom stereocenters. The van der Waals surface area contributed by atoms with Crippen molar-refractivity contribution < 1.29 is 55.7 Å². The number of hydrogen-bond acceptors (Lipinski definition) is 6. The van der Waals surface area contributed by atoms with Gasteiger partial charge < -0.3 is 29.6 Å². The number of piperidine rings is 1. The SMILES string of the molecule is CCN1C[C@H]2C3(CCN(CC4CCOCC4)CC3)CC[C@@]2(C(=O)N2CCCC2)C1.O=C(O)C(F)(F)F.O=C(O)C(F)(F)F. The number of nitrogens with zero attached hydrogens (tertiary/aromatic N) is 3. The number of rotatable bonds is 4. The van der Waals surface area contributed by atoms with Gasteiger partial charge in [0.1, 0.15) is 0 Å². The average molecular weight is 632 g/mol. The Morgan fingerprint density at radius 2 is 1.33 bits per heavy atom. The van der Waals surface area contributed by atoms with E-state index in [0.717, 1.165) is 58.3 Å². The lowest BCUT2D eigenvalue weighted by molar-refractivity contribution is -0.193. The van der Waals surface area contributed by atoms with Crippen LogP contribution in [-0.4, -0.2) is 121 Å². The number of carboxylic acids is 2. The number of carbonyl (C=O) groups excluding carboxylic acids is 1. The van der Waals surface area contributed by atoms with Gasteiger partial charge in [0.25, 0.3) is 0 Å². The van der Waals surface area contributed by atoms with E-state index in [-0.39, 0.29) is 5.41 Å². The van der Waals surface area contributed by atoms with Gasteiger partial charge in [-0.15, -0.1) is 0 Å². The summed E-state index contributed by atoms with van der Waals surface area (Å²) in [4.78, 5) is 39.1. The maximum atomic E-state index is 13.7. The third-order valence-corrected chi connectivity index (χ3v) is 9.88. The van der Waals surface area contributed by atoms with Crippen molar-refractivity contribution in [3.8, 4) is 0 Å². The molecule has 4 aliphatic heterocycles. The first-order valence-corrected chi connectivity index (χ1v) is 15.0. The fraction of sp³-hybridized carbons (Fsp3) is 0.893. The van der Waals surface area contributed by atoms with E-state index in [1.54, 1.807) is 0 Å². The molecule has 2 atom stereocenters. The quantitative estimate of drug-likeness (QED) is 0.447. The second-order valence-electron chi connectivity index (χ2n) is 12.4. The molecular formula is C28H43F6N3O6. The van der Waals surface area contributed by atoms with Gasteiger partial charge >= 0.3 is 24.3 Å². The number of likely N-dealkylation sites (tertiary alicyclic amines) is 3. The van der Waals surface area contributed by atoms with E-state index >= 15 is 0 Å². The van der Waals surface area contributed by atoms with Gasteiger partial charge in [0.15, 0.2) is 0 Å². The number of amides is 1. The van der Waals surface area contributed by atoms with Crippen molar-refractivity contribution in [1.29, 1.82) is 0 Å². The summed E-state index contributed by atoms with van der Waals surface area (Å²) >= 11 is 0. The Labute approximate surface area is 247 Å². The minimum Gasteiger partial charge on any atom is -0.475 e. The standard InChI is InChI=1S/C24H41N3O2.2C2HF3O2/c1-2-25-18-21-23(7-8-24(21,19-25)22(28)27-11-3-4-12-27)9-13-26(14-10-23)17-20-5-15-29-16-6-20;2*3-2(4,5)1(6)7/h20-21H,2-19H2,1H3;2*(H,6,7)/t21-,24+;;/m0../s1. The zero-order valence-electron chi connectivity index (χ0n) is 24.5. The van der Waals surface area contributed by atoms with Crippen molar-refractivity contribution in [1.82, 2.24) is 14.7 Å². The van der Waals surface area contributed by atoms with E-state index < -0.39 is 24.3 Å². The molecule has 5 aliphatic rings. The molecule has 0 bridgehead atoms. The van der Waals surface area contributed by atoms with E-state index in [9.17, 15) is 31.1 Å². The predicted octanol–water partition coefficient (Wildman–Crippen LogP) is 4.12. The molecule has 0 aromatic rings. The largest absolute Gasteiger partial charge is 0.490 e. The summed E-state index contributed by atoms with van der Waals surface area (Å²) < 4.78 is 69.0. The molecular weight excluding hydrogens is 588 g/mol. The average Bonchev–Trinajstić information content (AvgIpc) is 3.67. The zero-order valence-corrected chi connectivity index (χ0v) is 24.5. The van der Waals surface area contributed by atoms with Crippen LogP contribution in [0.5, 0.6) is 0 Å². The number of ether oxygens (including phenoxy) is 1. The molecule has 4 heterocycles. The summed E-state index contributed by atoms with van der Waals surface area (Å²) in [5.41, 5.74) is 0.356. The van der Waals surface area contributed by atoms with Gasteiger partial charge in [-0.1, -0.05) is 6.92 Å². The van der Waals surface area contributed by atoms with Crippen LogP contribution in [0.3, 0.4) is 0 Å². The molecule has 1 aliphatic carbocycles. The Bertz CT molecular complexity index is 936. The molecule has 15 heteroatoms. The van der Waals surface area contributed by atoms with E-state index in [1.165, 1.54) is 64.6 Å². The van der Waals surface area contributed by atoms with Crippen molar-refractivity contribution in [2.45, 2.75) is 70.6 Å². The van der Waals surface area contributed by atoms with Gasteiger partial charge in [0.05, 0.1) is 5.41 Å². The molecule has 4 saturated heterocycles. The lowest BCUT2D eigenvalue weighted by Crippen LogP contribution is -2.50. The Morgan fingerprint density at radius 3 is 1.79 bits per heavy atom. The number of carbonyl (C=O) groups is 3. The summed E-state index contributed by atoms with van der Waals surface area (Å²) in [5.74, 6) is -3.56. The van der Waals surface area contributed by atoms with Crippen molar-refractivity contribution in [3.05, 3.63) is 0 Å². The maximum absolute atomic E-state index is 13.7. The van der Waals surface area contributed by atoms with Gasteiger partial charge in [-0.05, 0) is 88.3 Å². The molecule has 1 saturated carbocycles. The molecule has 9 nitrogen and oxygen atoms in total. The highest BCUT2D eigenvalue weighted by Gasteiger charge is 2.64. The highest BCUT2D eigenvalue weighted by Crippen LogP contribution is 2.62. The van der Waals surface area contributed by atoms with Crippen LogP contribution in [0.1, 0.15) is 58.3 Å². The smallest absolute Gasteiger partial charge is 0.475 e. The van der Waals surface area contributed by atoms with Crippen LogP contribution in [0.4, 0.5) is 26.3 Å². The predicted molar refractivity (Wildman–Crippen MR) is 142 cm³/mol. The number of hydrogen-bond donors (Lipinski definition) is 2. The topological polar surface area (TPSA) is 111 Å². The summed E-state index contributed by atoms with van der Waals surface area (Å²) in [5, 5.41) is 14.2. The molecule has 5 rings (SSSR count). The van der Waals surface area contributed by atoms with Crippen molar-refractivity contribution in [3.63, 3.8) is 0 Å². The highest BCUT2D eigenvalue weighted by molar-refractivity contribution is 5.84. The second kappa shape index (κ2) is 14.3. The van der Waals surface area contributed by atoms with Crippen LogP contribution in [0.25, 0.3) is 0 Å². The Balaban J connectivity index is 0.000000303. The molecule has 0 radical (unpaired) electrons. The Morgan fingerprint density at radius 1 is 0.814 bits per heavy atom. The van der Waals surface area contributed by atoms with Crippen LogP contribution in [-0.2, 0) is 19.1 Å². The Hall–Kier alpha value is -2.13. The highest BCUT2D eigenvalue weighted by atomic mass is 19.4. The van der Waals surface area contributed by atoms with Gasteiger partial charge in [0.2, 0.25) is 5.91 Å². The first-order chi connectivity index (χ1) is 20.0. The van der Waals surface area contributed by atoms with Gasteiger partial charge in [-0.3, -0.25) is 4.79 Å². The van der Waals surface area contributed by atoms with Gasteiger partial charge in [-0.25, -0.2) is 9.59 Å². The lowest BCUT2D eigenvalue weighted by Gasteiger charge is -2.45. The third kappa shape index (κ3) is 8.74. The van der Waals surface area contributed by atoms with Crippen LogP contribution >= 0.6 is 0 Å². The number of carboxylic acid groups (broad SMARTS) is 2. The Kier molecular flexibility index (Phi) is 11.8. The summed E-state index contributed by atoms with van der Waals surface area (Å²) in [6, 6.07) is 0. The van der Waals surface area contributed by atoms with Crippen molar-refractivity contribution >= 4 is 17.8 Å². The fourth-order valence-corrected chi connectivity index (χ4v) is 7.56. The molecule has 1 spiro atoms. The lowest BCUT2D eigenvalue weighted by atomic mass is 9.65. The van der Waals surface area contributed by atoms with E-state index in [1.807, 2.05) is 0 Å². The third-order valence-electron chi connectivity index (χ3n) is 9.88. The minimum absolute atomic E-state index is 0.0662. The molecule has 1 amide bonds. The molecule has 0 aromatic carbocycles. The number of alkyl halides is 6. The van der Waals surface area contributed by atoms with E-state index in [4.69, 9.17) is 24.5 Å². The molecule has 43 heavy (non-hydrogen) atoms. The molecule has 2 N–H and O–H groups in total. The minimum atomic E-state index is -5.08. The van der Waals surface area contributed by atoms with Crippen molar-refractivity contribution in [2.75, 3.05) is 65.6 Å². The first kappa shape index (κ1) is 35.4. The van der Waals surface area contributed by atoms with Crippen LogP contribution in [0, 0.1) is 22.7 Å². The fourth-order valence-electron chi connectivity index (χ4n) is 7.56. The monoisotopic (exact) mass is 631 g/mol. The molecule has 248 valence electrons. The number of aliphatic carboxylic acids is 2. The van der Waals surface area contributed by atoms with Gasteiger partial charge in [-0.2, -0.15) is 26.3 Å². The summed E-state index contributed by atoms with van der Waals surface area (Å²) in [6.45, 7) is 13.2. The first-order valence-electron chi connectivity index (χ1n) is 15.0. The molecule has 5 fully saturated rings. The maximum Gasteiger partial charge on any atom is 0.490 e. The normalized spacial score (nSPS) is 28.1. The molecule has 0 aromatic heterocycles. The summed E-state index contributed by atoms with van der Waals surface area (Å²) in [6.07, 6.45) is -0.219. The van der Waals surface area contributed by atoms with Crippen LogP contribution < -0.4 is 0 Å².